The lowest BCUT2D eigenvalue weighted by Crippen LogP contribution is -2.28. The van der Waals surface area contributed by atoms with Gasteiger partial charge in [-0.25, -0.2) is 4.79 Å². The molecule has 0 aliphatic heterocycles. The lowest BCUT2D eigenvalue weighted by atomic mass is 10.1. The van der Waals surface area contributed by atoms with Crippen molar-refractivity contribution >= 4 is 34.2 Å². The van der Waals surface area contributed by atoms with Gasteiger partial charge in [0.25, 0.3) is 5.91 Å². The first-order valence-corrected chi connectivity index (χ1v) is 9.67. The van der Waals surface area contributed by atoms with E-state index in [2.05, 4.69) is 20.9 Å². The summed E-state index contributed by atoms with van der Waals surface area (Å²) in [7, 11) is 0. The van der Waals surface area contributed by atoms with Crippen molar-refractivity contribution in [2.24, 2.45) is 0 Å². The van der Waals surface area contributed by atoms with Gasteiger partial charge in [-0.3, -0.25) is 4.79 Å². The van der Waals surface area contributed by atoms with E-state index in [0.29, 0.717) is 23.5 Å². The Hall–Kier alpha value is -4.06. The number of hydrogen-bond acceptors (Lipinski definition) is 2. The number of aromatic amines is 1. The molecule has 0 saturated heterocycles. The SMILES string of the molecule is Cc1ccc(NC(=O)c2ccccc2)cc1NC(=O)NCc1cc2ccccc2[nH]1. The van der Waals surface area contributed by atoms with E-state index in [1.165, 1.54) is 0 Å². The van der Waals surface area contributed by atoms with Crippen LogP contribution in [-0.4, -0.2) is 16.9 Å². The number of para-hydroxylation sites is 1. The van der Waals surface area contributed by atoms with E-state index < -0.39 is 0 Å². The molecule has 0 radical (unpaired) electrons. The van der Waals surface area contributed by atoms with Gasteiger partial charge in [0.05, 0.1) is 6.54 Å². The molecule has 0 aliphatic rings. The maximum absolute atomic E-state index is 12.4. The number of aromatic nitrogens is 1. The molecule has 1 aromatic heterocycles. The van der Waals surface area contributed by atoms with Crippen molar-refractivity contribution in [1.82, 2.24) is 10.3 Å². The lowest BCUT2D eigenvalue weighted by molar-refractivity contribution is 0.102. The van der Waals surface area contributed by atoms with Crippen LogP contribution < -0.4 is 16.0 Å². The van der Waals surface area contributed by atoms with Gasteiger partial charge in [-0.1, -0.05) is 42.5 Å². The number of H-pyrrole nitrogens is 1. The van der Waals surface area contributed by atoms with Crippen molar-refractivity contribution in [3.8, 4) is 0 Å². The fraction of sp³-hybridized carbons (Fsp3) is 0.0833. The number of aryl methyl sites for hydroxylation is 1. The van der Waals surface area contributed by atoms with E-state index >= 15 is 0 Å². The summed E-state index contributed by atoms with van der Waals surface area (Å²) in [6.07, 6.45) is 0. The summed E-state index contributed by atoms with van der Waals surface area (Å²) in [4.78, 5) is 28.0. The largest absolute Gasteiger partial charge is 0.357 e. The monoisotopic (exact) mass is 398 g/mol. The summed E-state index contributed by atoms with van der Waals surface area (Å²) >= 11 is 0. The van der Waals surface area contributed by atoms with Crippen LogP contribution in [0.15, 0.2) is 78.9 Å². The molecule has 0 unspecified atom stereocenters. The molecule has 4 aromatic rings. The molecule has 3 amide bonds. The summed E-state index contributed by atoms with van der Waals surface area (Å²) in [5, 5.41) is 9.67. The molecule has 1 heterocycles. The molecule has 0 spiro atoms. The number of rotatable bonds is 5. The zero-order valence-corrected chi connectivity index (χ0v) is 16.5. The number of fused-ring (bicyclic) bond motifs is 1. The number of hydrogen-bond donors (Lipinski definition) is 4. The number of nitrogens with one attached hydrogen (secondary N) is 4. The zero-order valence-electron chi connectivity index (χ0n) is 16.5. The molecule has 6 heteroatoms. The average Bonchev–Trinajstić information content (AvgIpc) is 3.18. The van der Waals surface area contributed by atoms with Crippen molar-refractivity contribution in [2.45, 2.75) is 13.5 Å². The summed E-state index contributed by atoms with van der Waals surface area (Å²) < 4.78 is 0. The van der Waals surface area contributed by atoms with E-state index in [-0.39, 0.29) is 11.9 Å². The summed E-state index contributed by atoms with van der Waals surface area (Å²) in [5.74, 6) is -0.200. The minimum absolute atomic E-state index is 0.200. The Labute approximate surface area is 174 Å². The molecule has 150 valence electrons. The zero-order chi connectivity index (χ0) is 20.9. The third kappa shape index (κ3) is 4.50. The Kier molecular flexibility index (Phi) is 5.48. The molecular weight excluding hydrogens is 376 g/mol. The minimum atomic E-state index is -0.316. The van der Waals surface area contributed by atoms with Crippen LogP contribution in [0.5, 0.6) is 0 Å². The van der Waals surface area contributed by atoms with E-state index in [1.807, 2.05) is 67.6 Å². The van der Waals surface area contributed by atoms with E-state index in [9.17, 15) is 9.59 Å². The number of carbonyl (C=O) groups is 2. The lowest BCUT2D eigenvalue weighted by Gasteiger charge is -2.12. The Morgan fingerprint density at radius 1 is 0.867 bits per heavy atom. The van der Waals surface area contributed by atoms with Gasteiger partial charge in [0.1, 0.15) is 0 Å². The summed E-state index contributed by atoms with van der Waals surface area (Å²) in [6, 6.07) is 24.1. The van der Waals surface area contributed by atoms with Crippen molar-refractivity contribution in [1.29, 1.82) is 0 Å². The molecule has 0 saturated carbocycles. The maximum Gasteiger partial charge on any atom is 0.319 e. The topological polar surface area (TPSA) is 86.0 Å². The first-order valence-electron chi connectivity index (χ1n) is 9.67. The minimum Gasteiger partial charge on any atom is -0.357 e. The fourth-order valence-corrected chi connectivity index (χ4v) is 3.20. The van der Waals surface area contributed by atoms with Crippen LogP contribution in [-0.2, 0) is 6.54 Å². The molecule has 0 aliphatic carbocycles. The van der Waals surface area contributed by atoms with Gasteiger partial charge in [-0.15, -0.1) is 0 Å². The Morgan fingerprint density at radius 3 is 2.43 bits per heavy atom. The van der Waals surface area contributed by atoms with Crippen LogP contribution in [0.3, 0.4) is 0 Å². The number of urea groups is 1. The number of amides is 3. The standard InChI is InChI=1S/C24H22N4O2/c1-16-11-12-19(27-23(29)17-7-3-2-4-8-17)14-22(16)28-24(30)25-15-20-13-18-9-5-6-10-21(18)26-20/h2-14,26H,15H2,1H3,(H,27,29)(H2,25,28,30). The van der Waals surface area contributed by atoms with Gasteiger partial charge < -0.3 is 20.9 Å². The van der Waals surface area contributed by atoms with E-state index in [1.54, 1.807) is 18.2 Å². The fourth-order valence-electron chi connectivity index (χ4n) is 3.20. The van der Waals surface area contributed by atoms with Gasteiger partial charge in [0.2, 0.25) is 0 Å². The molecule has 6 nitrogen and oxygen atoms in total. The third-order valence-corrected chi connectivity index (χ3v) is 4.80. The normalized spacial score (nSPS) is 10.6. The quantitative estimate of drug-likeness (QED) is 0.379. The highest BCUT2D eigenvalue weighted by molar-refractivity contribution is 6.04. The number of benzene rings is 3. The van der Waals surface area contributed by atoms with E-state index in [0.717, 1.165) is 22.2 Å². The molecular formula is C24H22N4O2. The first-order chi connectivity index (χ1) is 14.6. The highest BCUT2D eigenvalue weighted by Crippen LogP contribution is 2.21. The molecule has 0 atom stereocenters. The maximum atomic E-state index is 12.4. The smallest absolute Gasteiger partial charge is 0.319 e. The van der Waals surface area contributed by atoms with Crippen LogP contribution in [0.25, 0.3) is 10.9 Å². The van der Waals surface area contributed by atoms with Crippen molar-refractivity contribution in [3.63, 3.8) is 0 Å². The van der Waals surface area contributed by atoms with Gasteiger partial charge >= 0.3 is 6.03 Å². The van der Waals surface area contributed by atoms with Crippen LogP contribution in [0, 0.1) is 6.92 Å². The average molecular weight is 398 g/mol. The third-order valence-electron chi connectivity index (χ3n) is 4.80. The number of anilines is 2. The summed E-state index contributed by atoms with van der Waals surface area (Å²) in [5.41, 5.74) is 4.67. The number of carbonyl (C=O) groups excluding carboxylic acids is 2. The van der Waals surface area contributed by atoms with Crippen molar-refractivity contribution in [2.75, 3.05) is 10.6 Å². The van der Waals surface area contributed by atoms with Gasteiger partial charge in [-0.2, -0.15) is 0 Å². The van der Waals surface area contributed by atoms with Crippen LogP contribution in [0.1, 0.15) is 21.6 Å². The van der Waals surface area contributed by atoms with Crippen molar-refractivity contribution < 1.29 is 9.59 Å². The van der Waals surface area contributed by atoms with Crippen LogP contribution >= 0.6 is 0 Å². The first kappa shape index (κ1) is 19.3. The highest BCUT2D eigenvalue weighted by Gasteiger charge is 2.09. The Balaban J connectivity index is 1.39. The van der Waals surface area contributed by atoms with Gasteiger partial charge in [0, 0.05) is 28.1 Å². The predicted octanol–water partition coefficient (Wildman–Crippen LogP) is 5.05. The molecule has 4 N–H and O–H groups in total. The molecule has 3 aromatic carbocycles. The van der Waals surface area contributed by atoms with Crippen LogP contribution in [0.2, 0.25) is 0 Å². The molecule has 30 heavy (non-hydrogen) atoms. The second kappa shape index (κ2) is 8.53. The van der Waals surface area contributed by atoms with Gasteiger partial charge in [0.15, 0.2) is 0 Å². The molecule has 4 rings (SSSR count). The van der Waals surface area contributed by atoms with Gasteiger partial charge in [-0.05, 0) is 54.3 Å². The predicted molar refractivity (Wildman–Crippen MR) is 120 cm³/mol. The summed E-state index contributed by atoms with van der Waals surface area (Å²) in [6.45, 7) is 2.28. The second-order valence-corrected chi connectivity index (χ2v) is 7.04. The second-order valence-electron chi connectivity index (χ2n) is 7.04. The van der Waals surface area contributed by atoms with Crippen LogP contribution in [0.4, 0.5) is 16.2 Å². The Morgan fingerprint density at radius 2 is 1.63 bits per heavy atom. The molecule has 0 bridgehead atoms. The highest BCUT2D eigenvalue weighted by atomic mass is 16.2. The van der Waals surface area contributed by atoms with E-state index in [4.69, 9.17) is 0 Å². The van der Waals surface area contributed by atoms with Crippen molar-refractivity contribution in [3.05, 3.63) is 95.7 Å². The Bertz CT molecular complexity index is 1170. The molecule has 0 fully saturated rings.